The van der Waals surface area contributed by atoms with Gasteiger partial charge >= 0.3 is 6.18 Å². The Morgan fingerprint density at radius 3 is 1.97 bits per heavy atom. The van der Waals surface area contributed by atoms with Crippen LogP contribution < -0.4 is 0 Å². The van der Waals surface area contributed by atoms with Gasteiger partial charge in [-0.15, -0.1) is 0 Å². The molecule has 1 aromatic rings. The van der Waals surface area contributed by atoms with Gasteiger partial charge in [-0.2, -0.15) is 13.2 Å². The molecule has 4 rings (SSSR count). The number of fused-ring (bicyclic) bond motifs is 3. The van der Waals surface area contributed by atoms with Gasteiger partial charge in [-0.1, -0.05) is 38.7 Å². The molecule has 0 heterocycles. The molecule has 3 saturated carbocycles. The molecule has 6 unspecified atom stereocenters. The maximum Gasteiger partial charge on any atom is 0.419 e. The van der Waals surface area contributed by atoms with Crippen molar-refractivity contribution in [1.82, 2.24) is 0 Å². The molecule has 3 fully saturated rings. The highest BCUT2D eigenvalue weighted by atomic mass is 19.4. The number of aryl methyl sites for hydroxylation is 1. The predicted octanol–water partition coefficient (Wildman–Crippen LogP) is 8.44. The first-order valence-corrected chi connectivity index (χ1v) is 12.2. The molecule has 0 aliphatic heterocycles. The number of hydrogen-bond acceptors (Lipinski definition) is 0. The lowest BCUT2D eigenvalue weighted by Gasteiger charge is -2.51. The molecule has 0 N–H and O–H groups in total. The molecule has 0 spiro atoms. The van der Waals surface area contributed by atoms with Gasteiger partial charge in [0.15, 0.2) is 0 Å². The third-order valence-corrected chi connectivity index (χ3v) is 8.63. The van der Waals surface area contributed by atoms with E-state index in [1.54, 1.807) is 0 Å². The fraction of sp³-hybridized carbons (Fsp3) is 0.769. The Bertz CT molecular complexity index is 709. The largest absolute Gasteiger partial charge is 0.419 e. The normalized spacial score (nSPS) is 34.3. The molecule has 6 atom stereocenters. The summed E-state index contributed by atoms with van der Waals surface area (Å²) in [7, 11) is 0. The predicted molar refractivity (Wildman–Crippen MR) is 113 cm³/mol. The lowest BCUT2D eigenvalue weighted by atomic mass is 9.55. The molecule has 1 aromatic carbocycles. The molecular weight excluding hydrogens is 388 g/mol. The molecule has 0 amide bonds. The van der Waals surface area contributed by atoms with Crippen LogP contribution in [-0.4, -0.2) is 0 Å². The molecule has 0 bridgehead atoms. The van der Waals surface area contributed by atoms with Gasteiger partial charge in [-0.05, 0) is 105 Å². The maximum absolute atomic E-state index is 13.8. The van der Waals surface area contributed by atoms with Gasteiger partial charge in [0.1, 0.15) is 5.82 Å². The van der Waals surface area contributed by atoms with E-state index in [-0.39, 0.29) is 0 Å². The highest BCUT2D eigenvalue weighted by Crippen LogP contribution is 2.54. The van der Waals surface area contributed by atoms with Gasteiger partial charge in [0.2, 0.25) is 0 Å². The van der Waals surface area contributed by atoms with Gasteiger partial charge in [-0.3, -0.25) is 0 Å². The van der Waals surface area contributed by atoms with Crippen molar-refractivity contribution in [3.8, 4) is 0 Å². The van der Waals surface area contributed by atoms with Gasteiger partial charge in [-0.25, -0.2) is 4.39 Å². The minimum Gasteiger partial charge on any atom is -0.206 e. The van der Waals surface area contributed by atoms with E-state index < -0.39 is 17.6 Å². The molecule has 0 aromatic heterocycles. The molecule has 0 saturated heterocycles. The van der Waals surface area contributed by atoms with Crippen molar-refractivity contribution in [2.24, 2.45) is 35.5 Å². The first-order chi connectivity index (χ1) is 14.3. The average molecular weight is 425 g/mol. The zero-order chi connectivity index (χ0) is 21.3. The van der Waals surface area contributed by atoms with Crippen LogP contribution in [0.1, 0.15) is 88.7 Å². The standard InChI is InChI=1S/C26H36F4/c1-2-3-17-6-11-22-20(14-17)9-10-21-15-18(7-12-23(21)22)4-5-19-8-13-24(25(27)16-19)26(28,29)30/h8,13,16-18,20-23H,2-7,9-12,14-15H2,1H3. The van der Waals surface area contributed by atoms with Crippen LogP contribution in [-0.2, 0) is 12.6 Å². The van der Waals surface area contributed by atoms with Crippen LogP contribution in [0.2, 0.25) is 0 Å². The van der Waals surface area contributed by atoms with Crippen molar-refractivity contribution in [1.29, 1.82) is 0 Å². The summed E-state index contributed by atoms with van der Waals surface area (Å²) in [6, 6.07) is 3.45. The van der Waals surface area contributed by atoms with Crippen LogP contribution in [0.15, 0.2) is 18.2 Å². The molecule has 30 heavy (non-hydrogen) atoms. The first-order valence-electron chi connectivity index (χ1n) is 12.2. The van der Waals surface area contributed by atoms with Crippen LogP contribution in [0.3, 0.4) is 0 Å². The maximum atomic E-state index is 13.8. The third kappa shape index (κ3) is 4.88. The summed E-state index contributed by atoms with van der Waals surface area (Å²) in [5, 5.41) is 0. The van der Waals surface area contributed by atoms with Crippen LogP contribution in [0.4, 0.5) is 17.6 Å². The number of hydrogen-bond donors (Lipinski definition) is 0. The van der Waals surface area contributed by atoms with Crippen molar-refractivity contribution < 1.29 is 17.6 Å². The van der Waals surface area contributed by atoms with E-state index in [1.165, 1.54) is 70.3 Å². The van der Waals surface area contributed by atoms with Gasteiger partial charge in [0, 0.05) is 0 Å². The lowest BCUT2D eigenvalue weighted by molar-refractivity contribution is -0.140. The molecule has 0 nitrogen and oxygen atoms in total. The van der Waals surface area contributed by atoms with E-state index in [4.69, 9.17) is 0 Å². The summed E-state index contributed by atoms with van der Waals surface area (Å²) < 4.78 is 52.1. The highest BCUT2D eigenvalue weighted by molar-refractivity contribution is 5.26. The Morgan fingerprint density at radius 2 is 1.43 bits per heavy atom. The molecule has 4 heteroatoms. The minimum absolute atomic E-state index is 0.643. The number of halogens is 4. The summed E-state index contributed by atoms with van der Waals surface area (Å²) in [6.45, 7) is 2.31. The SMILES string of the molecule is CCCC1CCC2C(CCC3CC(CCc4ccc(C(F)(F)F)c(F)c4)CCC32)C1. The number of rotatable bonds is 5. The Balaban J connectivity index is 1.29. The van der Waals surface area contributed by atoms with Crippen molar-refractivity contribution in [3.63, 3.8) is 0 Å². The fourth-order valence-electron chi connectivity index (χ4n) is 7.24. The van der Waals surface area contributed by atoms with E-state index in [1.807, 2.05) is 0 Å². The van der Waals surface area contributed by atoms with Crippen molar-refractivity contribution >= 4 is 0 Å². The number of benzene rings is 1. The second-order valence-electron chi connectivity index (χ2n) is 10.4. The second-order valence-corrected chi connectivity index (χ2v) is 10.4. The van der Waals surface area contributed by atoms with Crippen LogP contribution >= 0.6 is 0 Å². The van der Waals surface area contributed by atoms with Crippen molar-refractivity contribution in [3.05, 3.63) is 35.1 Å². The van der Waals surface area contributed by atoms with Crippen molar-refractivity contribution in [2.45, 2.75) is 90.1 Å². The zero-order valence-corrected chi connectivity index (χ0v) is 18.2. The lowest BCUT2D eigenvalue weighted by Crippen LogP contribution is -2.41. The molecular formula is C26H36F4. The summed E-state index contributed by atoms with van der Waals surface area (Å²) >= 11 is 0. The molecule has 168 valence electrons. The monoisotopic (exact) mass is 424 g/mol. The fourth-order valence-corrected chi connectivity index (χ4v) is 7.24. The quantitative estimate of drug-likeness (QED) is 0.416. The first kappa shape index (κ1) is 22.1. The molecule has 3 aliphatic rings. The summed E-state index contributed by atoms with van der Waals surface area (Å²) in [4.78, 5) is 0. The summed E-state index contributed by atoms with van der Waals surface area (Å²) in [5.74, 6) is 4.13. The van der Waals surface area contributed by atoms with Crippen LogP contribution in [0, 0.1) is 41.3 Å². The Labute approximate surface area is 178 Å². The van der Waals surface area contributed by atoms with Gasteiger partial charge in [0.05, 0.1) is 5.56 Å². The summed E-state index contributed by atoms with van der Waals surface area (Å²) in [5.41, 5.74) is -0.460. The second kappa shape index (κ2) is 9.20. The van der Waals surface area contributed by atoms with E-state index in [0.717, 1.165) is 48.1 Å². The Kier molecular flexibility index (Phi) is 6.79. The van der Waals surface area contributed by atoms with Gasteiger partial charge < -0.3 is 0 Å². The van der Waals surface area contributed by atoms with Crippen molar-refractivity contribution in [2.75, 3.05) is 0 Å². The topological polar surface area (TPSA) is 0 Å². The Morgan fingerprint density at radius 1 is 0.833 bits per heavy atom. The van der Waals surface area contributed by atoms with E-state index >= 15 is 0 Å². The average Bonchev–Trinajstić information content (AvgIpc) is 2.71. The van der Waals surface area contributed by atoms with E-state index in [2.05, 4.69) is 6.92 Å². The van der Waals surface area contributed by atoms with Gasteiger partial charge in [0.25, 0.3) is 0 Å². The minimum atomic E-state index is -4.62. The van der Waals surface area contributed by atoms with Crippen LogP contribution in [0.5, 0.6) is 0 Å². The van der Waals surface area contributed by atoms with E-state index in [0.29, 0.717) is 17.9 Å². The highest BCUT2D eigenvalue weighted by Gasteiger charge is 2.44. The zero-order valence-electron chi connectivity index (χ0n) is 18.2. The smallest absolute Gasteiger partial charge is 0.206 e. The Hall–Kier alpha value is -1.06. The molecule has 0 radical (unpaired) electrons. The van der Waals surface area contributed by atoms with E-state index in [9.17, 15) is 17.6 Å². The number of alkyl halides is 3. The summed E-state index contributed by atoms with van der Waals surface area (Å²) in [6.07, 6.45) is 10.7. The molecule has 3 aliphatic carbocycles. The van der Waals surface area contributed by atoms with Crippen LogP contribution in [0.25, 0.3) is 0 Å². The third-order valence-electron chi connectivity index (χ3n) is 8.63.